The van der Waals surface area contributed by atoms with Gasteiger partial charge in [-0.2, -0.15) is 0 Å². The van der Waals surface area contributed by atoms with Crippen LogP contribution in [0.2, 0.25) is 0 Å². The first-order chi connectivity index (χ1) is 6.65. The number of methoxy groups -OCH3 is 1. The molecular weight excluding hydrogens is 176 g/mol. The summed E-state index contributed by atoms with van der Waals surface area (Å²) in [4.78, 5) is 11.7. The molecule has 2 heteroatoms. The van der Waals surface area contributed by atoms with Gasteiger partial charge in [0.15, 0.2) is 0 Å². The average Bonchev–Trinajstić information content (AvgIpc) is 2.28. The fraction of sp³-hybridized carbons (Fsp3) is 0.750. The topological polar surface area (TPSA) is 26.3 Å². The highest BCUT2D eigenvalue weighted by atomic mass is 16.5. The SMILES string of the molecule is C=C[C@@](C)(C(=O)OC)C1CCCCC1. The summed E-state index contributed by atoms with van der Waals surface area (Å²) in [5, 5.41) is 0. The summed E-state index contributed by atoms with van der Waals surface area (Å²) < 4.78 is 4.85. The molecule has 1 fully saturated rings. The molecule has 1 rings (SSSR count). The van der Waals surface area contributed by atoms with Crippen molar-refractivity contribution in [1.29, 1.82) is 0 Å². The number of esters is 1. The number of ether oxygens (including phenoxy) is 1. The number of rotatable bonds is 3. The first-order valence-electron chi connectivity index (χ1n) is 5.37. The Morgan fingerprint density at radius 3 is 2.43 bits per heavy atom. The Balaban J connectivity index is 2.76. The molecule has 1 atom stereocenters. The molecule has 2 nitrogen and oxygen atoms in total. The molecule has 0 aromatic heterocycles. The van der Waals surface area contributed by atoms with Crippen LogP contribution in [0.3, 0.4) is 0 Å². The Bertz CT molecular complexity index is 216. The van der Waals surface area contributed by atoms with Gasteiger partial charge in [0.2, 0.25) is 0 Å². The summed E-state index contributed by atoms with van der Waals surface area (Å²) in [5.41, 5.74) is -0.477. The maximum absolute atomic E-state index is 11.7. The van der Waals surface area contributed by atoms with Crippen LogP contribution in [0.15, 0.2) is 12.7 Å². The highest BCUT2D eigenvalue weighted by Crippen LogP contribution is 2.40. The van der Waals surface area contributed by atoms with Gasteiger partial charge in [-0.15, -0.1) is 6.58 Å². The Kier molecular flexibility index (Phi) is 3.73. The molecule has 0 aliphatic heterocycles. The molecule has 0 aromatic rings. The van der Waals surface area contributed by atoms with Crippen LogP contribution in [0, 0.1) is 11.3 Å². The number of hydrogen-bond acceptors (Lipinski definition) is 2. The van der Waals surface area contributed by atoms with Crippen molar-refractivity contribution < 1.29 is 9.53 Å². The van der Waals surface area contributed by atoms with Gasteiger partial charge in [-0.25, -0.2) is 0 Å². The largest absolute Gasteiger partial charge is 0.468 e. The molecule has 0 heterocycles. The van der Waals surface area contributed by atoms with Gasteiger partial charge < -0.3 is 4.74 Å². The van der Waals surface area contributed by atoms with Crippen LogP contribution in [0.25, 0.3) is 0 Å². The zero-order chi connectivity index (χ0) is 10.6. The number of carbonyl (C=O) groups excluding carboxylic acids is 1. The molecule has 0 bridgehead atoms. The van der Waals surface area contributed by atoms with Crippen LogP contribution in [-0.4, -0.2) is 13.1 Å². The zero-order valence-electron chi connectivity index (χ0n) is 9.21. The van der Waals surface area contributed by atoms with E-state index in [1.54, 1.807) is 6.08 Å². The lowest BCUT2D eigenvalue weighted by molar-refractivity contribution is -0.152. The molecule has 0 N–H and O–H groups in total. The Morgan fingerprint density at radius 2 is 2.00 bits per heavy atom. The minimum absolute atomic E-state index is 0.139. The molecule has 0 spiro atoms. The molecule has 1 aliphatic rings. The van der Waals surface area contributed by atoms with E-state index in [1.807, 2.05) is 6.92 Å². The standard InChI is InChI=1S/C12H20O2/c1-4-12(2,11(13)14-3)10-8-6-5-7-9-10/h4,10H,1,5-9H2,2-3H3/t12-/m1/s1. The molecule has 0 unspecified atom stereocenters. The van der Waals surface area contributed by atoms with E-state index in [-0.39, 0.29) is 5.97 Å². The molecule has 0 saturated heterocycles. The summed E-state index contributed by atoms with van der Waals surface area (Å²) in [6.45, 7) is 5.72. The van der Waals surface area contributed by atoms with E-state index in [1.165, 1.54) is 26.4 Å². The highest BCUT2D eigenvalue weighted by molar-refractivity contribution is 5.78. The summed E-state index contributed by atoms with van der Waals surface area (Å²) >= 11 is 0. The third kappa shape index (κ3) is 1.99. The second-order valence-electron chi connectivity index (χ2n) is 4.31. The van der Waals surface area contributed by atoms with Gasteiger partial charge in [-0.3, -0.25) is 4.79 Å². The molecule has 1 saturated carbocycles. The lowest BCUT2D eigenvalue weighted by Crippen LogP contribution is -2.36. The fourth-order valence-electron chi connectivity index (χ4n) is 2.34. The minimum atomic E-state index is -0.477. The van der Waals surface area contributed by atoms with Gasteiger partial charge in [0.05, 0.1) is 12.5 Å². The first-order valence-corrected chi connectivity index (χ1v) is 5.37. The maximum atomic E-state index is 11.7. The molecule has 0 radical (unpaired) electrons. The van der Waals surface area contributed by atoms with Gasteiger partial charge in [0.1, 0.15) is 0 Å². The van der Waals surface area contributed by atoms with E-state index >= 15 is 0 Å². The number of hydrogen-bond donors (Lipinski definition) is 0. The van der Waals surface area contributed by atoms with Crippen molar-refractivity contribution in [2.45, 2.75) is 39.0 Å². The van der Waals surface area contributed by atoms with E-state index < -0.39 is 5.41 Å². The van der Waals surface area contributed by atoms with E-state index in [0.29, 0.717) is 5.92 Å². The summed E-state index contributed by atoms with van der Waals surface area (Å²) in [6, 6.07) is 0. The van der Waals surface area contributed by atoms with E-state index in [9.17, 15) is 4.79 Å². The fourth-order valence-corrected chi connectivity index (χ4v) is 2.34. The van der Waals surface area contributed by atoms with Crippen molar-refractivity contribution in [2.24, 2.45) is 11.3 Å². The lowest BCUT2D eigenvalue weighted by Gasteiger charge is -2.35. The van der Waals surface area contributed by atoms with Crippen LogP contribution in [-0.2, 0) is 9.53 Å². The maximum Gasteiger partial charge on any atom is 0.315 e. The third-order valence-corrected chi connectivity index (χ3v) is 3.50. The Morgan fingerprint density at radius 1 is 1.43 bits per heavy atom. The van der Waals surface area contributed by atoms with Crippen molar-refractivity contribution in [1.82, 2.24) is 0 Å². The second-order valence-corrected chi connectivity index (χ2v) is 4.31. The summed E-state index contributed by atoms with van der Waals surface area (Å²) in [7, 11) is 1.45. The highest BCUT2D eigenvalue weighted by Gasteiger charge is 2.39. The molecule has 1 aliphatic carbocycles. The van der Waals surface area contributed by atoms with Gasteiger partial charge in [0.25, 0.3) is 0 Å². The van der Waals surface area contributed by atoms with Gasteiger partial charge >= 0.3 is 5.97 Å². The van der Waals surface area contributed by atoms with Crippen molar-refractivity contribution in [3.8, 4) is 0 Å². The molecule has 0 amide bonds. The average molecular weight is 196 g/mol. The number of carbonyl (C=O) groups is 1. The van der Waals surface area contributed by atoms with Crippen molar-refractivity contribution in [3.05, 3.63) is 12.7 Å². The van der Waals surface area contributed by atoms with E-state index in [0.717, 1.165) is 12.8 Å². The quantitative estimate of drug-likeness (QED) is 0.512. The molecule has 14 heavy (non-hydrogen) atoms. The van der Waals surface area contributed by atoms with Crippen molar-refractivity contribution >= 4 is 5.97 Å². The van der Waals surface area contributed by atoms with E-state index in [4.69, 9.17) is 4.74 Å². The molecular formula is C12H20O2. The summed E-state index contributed by atoms with van der Waals surface area (Å²) in [5.74, 6) is 0.278. The van der Waals surface area contributed by atoms with Crippen LogP contribution in [0.4, 0.5) is 0 Å². The second kappa shape index (κ2) is 4.63. The minimum Gasteiger partial charge on any atom is -0.468 e. The van der Waals surface area contributed by atoms with Crippen molar-refractivity contribution in [3.63, 3.8) is 0 Å². The van der Waals surface area contributed by atoms with Gasteiger partial charge in [0, 0.05) is 0 Å². The van der Waals surface area contributed by atoms with Crippen LogP contribution in [0.1, 0.15) is 39.0 Å². The Hall–Kier alpha value is -0.790. The normalized spacial score (nSPS) is 22.4. The summed E-state index contributed by atoms with van der Waals surface area (Å²) in [6.07, 6.45) is 7.76. The zero-order valence-corrected chi connectivity index (χ0v) is 9.21. The van der Waals surface area contributed by atoms with Crippen LogP contribution in [0.5, 0.6) is 0 Å². The van der Waals surface area contributed by atoms with E-state index in [2.05, 4.69) is 6.58 Å². The predicted octanol–water partition coefficient (Wildman–Crippen LogP) is 2.93. The lowest BCUT2D eigenvalue weighted by atomic mass is 9.70. The predicted molar refractivity (Wildman–Crippen MR) is 56.9 cm³/mol. The van der Waals surface area contributed by atoms with Crippen LogP contribution >= 0.6 is 0 Å². The van der Waals surface area contributed by atoms with Gasteiger partial charge in [-0.1, -0.05) is 25.3 Å². The third-order valence-electron chi connectivity index (χ3n) is 3.50. The van der Waals surface area contributed by atoms with Crippen LogP contribution < -0.4 is 0 Å². The van der Waals surface area contributed by atoms with Gasteiger partial charge in [-0.05, 0) is 25.7 Å². The van der Waals surface area contributed by atoms with Crippen molar-refractivity contribution in [2.75, 3.05) is 7.11 Å². The molecule has 80 valence electrons. The first kappa shape index (κ1) is 11.3. The monoisotopic (exact) mass is 196 g/mol. The molecule has 0 aromatic carbocycles. The Labute approximate surface area is 86.3 Å². The smallest absolute Gasteiger partial charge is 0.315 e.